The summed E-state index contributed by atoms with van der Waals surface area (Å²) in [7, 11) is 0. The fourth-order valence-electron chi connectivity index (χ4n) is 4.09. The molecule has 0 aliphatic carbocycles. The summed E-state index contributed by atoms with van der Waals surface area (Å²) in [5.41, 5.74) is 9.07. The van der Waals surface area contributed by atoms with Gasteiger partial charge in [-0.1, -0.05) is 83.6 Å². The van der Waals surface area contributed by atoms with Crippen molar-refractivity contribution >= 4 is 27.1 Å². The zero-order valence-electron chi connectivity index (χ0n) is 16.4. The SMILES string of the molecule is Cc1ccc2c(c1)c(-c1ccccc1)c(-c1ccccc1)c1sc(C)c(C)[n+]12. The largest absolute Gasteiger partial charge is 0.276 e. The van der Waals surface area contributed by atoms with E-state index in [1.54, 1.807) is 0 Å². The normalized spacial score (nSPS) is 11.4. The second-order valence-corrected chi connectivity index (χ2v) is 8.59. The van der Waals surface area contributed by atoms with Crippen molar-refractivity contribution in [3.05, 3.63) is 95.0 Å². The van der Waals surface area contributed by atoms with Gasteiger partial charge >= 0.3 is 0 Å². The first-order chi connectivity index (χ1) is 13.6. The highest BCUT2D eigenvalue weighted by atomic mass is 32.1. The lowest BCUT2D eigenvalue weighted by molar-refractivity contribution is -0.485. The topological polar surface area (TPSA) is 4.10 Å². The van der Waals surface area contributed by atoms with Gasteiger partial charge in [0.2, 0.25) is 5.52 Å². The third kappa shape index (κ3) is 2.56. The zero-order valence-corrected chi connectivity index (χ0v) is 17.2. The summed E-state index contributed by atoms with van der Waals surface area (Å²) in [6, 6.07) is 28.5. The molecule has 0 fully saturated rings. The van der Waals surface area contributed by atoms with Gasteiger partial charge in [0.15, 0.2) is 5.69 Å². The average Bonchev–Trinajstić information content (AvgIpc) is 3.02. The first-order valence-corrected chi connectivity index (χ1v) is 10.5. The number of nitrogens with zero attached hydrogens (tertiary/aromatic N) is 1. The van der Waals surface area contributed by atoms with Crippen LogP contribution in [-0.2, 0) is 0 Å². The summed E-state index contributed by atoms with van der Waals surface area (Å²) < 4.78 is 2.45. The predicted molar refractivity (Wildman–Crippen MR) is 120 cm³/mol. The molecule has 5 aromatic rings. The van der Waals surface area contributed by atoms with Gasteiger partial charge in [-0.3, -0.25) is 0 Å². The number of fused-ring (bicyclic) bond motifs is 3. The lowest BCUT2D eigenvalue weighted by Crippen LogP contribution is -2.25. The van der Waals surface area contributed by atoms with Crippen LogP contribution in [-0.4, -0.2) is 0 Å². The zero-order chi connectivity index (χ0) is 19.3. The molecule has 28 heavy (non-hydrogen) atoms. The summed E-state index contributed by atoms with van der Waals surface area (Å²) in [6.45, 7) is 6.63. The lowest BCUT2D eigenvalue weighted by atomic mass is 9.91. The molecule has 0 saturated heterocycles. The second-order valence-electron chi connectivity index (χ2n) is 7.39. The number of benzene rings is 3. The Morgan fingerprint density at radius 2 is 1.29 bits per heavy atom. The minimum atomic E-state index is 1.27. The molecule has 0 bridgehead atoms. The predicted octanol–water partition coefficient (Wildman–Crippen LogP) is 6.90. The molecule has 136 valence electrons. The number of hydrogen-bond acceptors (Lipinski definition) is 1. The minimum Gasteiger partial charge on any atom is -0.147 e. The number of thiazole rings is 1. The Kier molecular flexibility index (Phi) is 4.03. The molecule has 0 N–H and O–H groups in total. The smallest absolute Gasteiger partial charge is 0.147 e. The van der Waals surface area contributed by atoms with Gasteiger partial charge in [0.1, 0.15) is 0 Å². The summed E-state index contributed by atoms with van der Waals surface area (Å²) in [5, 5.41) is 1.31. The Morgan fingerprint density at radius 1 is 0.679 bits per heavy atom. The van der Waals surface area contributed by atoms with Gasteiger partial charge in [-0.15, -0.1) is 4.40 Å². The molecule has 0 amide bonds. The van der Waals surface area contributed by atoms with Crippen LogP contribution in [0.25, 0.3) is 38.0 Å². The van der Waals surface area contributed by atoms with Crippen molar-refractivity contribution in [2.45, 2.75) is 20.8 Å². The molecule has 0 spiro atoms. The van der Waals surface area contributed by atoms with Crippen LogP contribution in [0.2, 0.25) is 0 Å². The van der Waals surface area contributed by atoms with Gasteiger partial charge in [0, 0.05) is 18.6 Å². The van der Waals surface area contributed by atoms with Gasteiger partial charge in [-0.2, -0.15) is 0 Å². The van der Waals surface area contributed by atoms with E-state index in [-0.39, 0.29) is 0 Å². The molecule has 0 aliphatic heterocycles. The average molecular weight is 381 g/mol. The van der Waals surface area contributed by atoms with E-state index in [4.69, 9.17) is 0 Å². The van der Waals surface area contributed by atoms with Gasteiger partial charge in [-0.05, 0) is 31.0 Å². The molecule has 2 heterocycles. The van der Waals surface area contributed by atoms with E-state index in [9.17, 15) is 0 Å². The van der Waals surface area contributed by atoms with Crippen molar-refractivity contribution in [1.82, 2.24) is 0 Å². The molecular weight excluding hydrogens is 358 g/mol. The van der Waals surface area contributed by atoms with Crippen molar-refractivity contribution in [2.24, 2.45) is 0 Å². The fourth-order valence-corrected chi connectivity index (χ4v) is 5.27. The summed E-state index contributed by atoms with van der Waals surface area (Å²) in [4.78, 5) is 2.68. The van der Waals surface area contributed by atoms with Crippen LogP contribution in [0.5, 0.6) is 0 Å². The summed E-state index contributed by atoms with van der Waals surface area (Å²) in [5.74, 6) is 0. The van der Waals surface area contributed by atoms with Crippen LogP contribution in [0.3, 0.4) is 0 Å². The van der Waals surface area contributed by atoms with Crippen LogP contribution < -0.4 is 4.40 Å². The molecule has 5 rings (SSSR count). The van der Waals surface area contributed by atoms with Gasteiger partial charge in [-0.25, -0.2) is 0 Å². The fraction of sp³-hybridized carbons (Fsp3) is 0.115. The Balaban J connectivity index is 2.09. The van der Waals surface area contributed by atoms with Gasteiger partial charge in [0.25, 0.3) is 4.83 Å². The number of aryl methyl sites for hydroxylation is 3. The molecule has 0 aliphatic rings. The van der Waals surface area contributed by atoms with Crippen LogP contribution in [0.15, 0.2) is 78.9 Å². The molecule has 0 atom stereocenters. The van der Waals surface area contributed by atoms with E-state index in [2.05, 4.69) is 104 Å². The van der Waals surface area contributed by atoms with Crippen LogP contribution in [0, 0.1) is 20.8 Å². The summed E-state index contributed by atoms with van der Waals surface area (Å²) in [6.07, 6.45) is 0. The maximum absolute atomic E-state index is 2.45. The number of hydrogen-bond donors (Lipinski definition) is 0. The Morgan fingerprint density at radius 3 is 1.93 bits per heavy atom. The van der Waals surface area contributed by atoms with Crippen molar-refractivity contribution in [2.75, 3.05) is 0 Å². The van der Waals surface area contributed by atoms with Crippen molar-refractivity contribution in [3.63, 3.8) is 0 Å². The highest BCUT2D eigenvalue weighted by molar-refractivity contribution is 7.17. The van der Waals surface area contributed by atoms with Crippen molar-refractivity contribution < 1.29 is 4.40 Å². The highest BCUT2D eigenvalue weighted by Crippen LogP contribution is 2.41. The van der Waals surface area contributed by atoms with Crippen LogP contribution >= 0.6 is 11.3 Å². The summed E-state index contributed by atoms with van der Waals surface area (Å²) >= 11 is 1.89. The maximum Gasteiger partial charge on any atom is 0.276 e. The Labute approximate surface area is 169 Å². The maximum atomic E-state index is 2.45. The first-order valence-electron chi connectivity index (χ1n) is 9.64. The number of pyridine rings is 1. The molecule has 1 nitrogen and oxygen atoms in total. The van der Waals surface area contributed by atoms with E-state index in [1.165, 1.54) is 54.1 Å². The molecule has 2 aromatic heterocycles. The first kappa shape index (κ1) is 17.2. The molecule has 2 heteroatoms. The third-order valence-electron chi connectivity index (χ3n) is 5.55. The molecule has 0 saturated carbocycles. The quantitative estimate of drug-likeness (QED) is 0.293. The molecule has 0 unspecified atom stereocenters. The van der Waals surface area contributed by atoms with Crippen molar-refractivity contribution in [1.29, 1.82) is 0 Å². The monoisotopic (exact) mass is 380 g/mol. The standard InChI is InChI=1S/C26H22NS/c1-17-14-15-23-22(16-17)24(20-10-6-4-7-11-20)25(21-12-8-5-9-13-21)26-27(23)18(2)19(3)28-26/h4-16H,1-3H3/q+1. The molecule has 3 aromatic carbocycles. The number of aromatic nitrogens is 1. The highest BCUT2D eigenvalue weighted by Gasteiger charge is 2.27. The van der Waals surface area contributed by atoms with Crippen LogP contribution in [0.4, 0.5) is 0 Å². The molecule has 0 radical (unpaired) electrons. The van der Waals surface area contributed by atoms with E-state index < -0.39 is 0 Å². The van der Waals surface area contributed by atoms with E-state index >= 15 is 0 Å². The number of rotatable bonds is 2. The van der Waals surface area contributed by atoms with Gasteiger partial charge < -0.3 is 0 Å². The van der Waals surface area contributed by atoms with Crippen molar-refractivity contribution in [3.8, 4) is 22.3 Å². The van der Waals surface area contributed by atoms with Gasteiger partial charge in [0.05, 0.1) is 15.8 Å². The lowest BCUT2D eigenvalue weighted by Gasteiger charge is -2.13. The van der Waals surface area contributed by atoms with E-state index in [0.29, 0.717) is 0 Å². The Hall–Kier alpha value is -2.97. The molecular formula is C26H22NS+. The minimum absolute atomic E-state index is 1.27. The Bertz CT molecular complexity index is 1320. The van der Waals surface area contributed by atoms with Crippen LogP contribution in [0.1, 0.15) is 16.1 Å². The van der Waals surface area contributed by atoms with E-state index in [1.807, 2.05) is 11.3 Å². The second kappa shape index (κ2) is 6.57. The van der Waals surface area contributed by atoms with E-state index in [0.717, 1.165) is 0 Å². The third-order valence-corrected chi connectivity index (χ3v) is 6.73.